The minimum atomic E-state index is -0.303. The maximum Gasteiger partial charge on any atom is 0.225 e. The minimum Gasteiger partial charge on any atom is -0.490 e. The Morgan fingerprint density at radius 3 is 2.23 bits per heavy atom. The topological polar surface area (TPSA) is 56.3 Å². The van der Waals surface area contributed by atoms with E-state index in [1.807, 2.05) is 9.80 Å². The summed E-state index contributed by atoms with van der Waals surface area (Å²) in [5, 5.41) is 0. The second-order valence-electron chi connectivity index (χ2n) is 10.7. The number of rotatable bonds is 6. The third-order valence-corrected chi connectivity index (χ3v) is 7.98. The second kappa shape index (κ2) is 11.7. The zero-order chi connectivity index (χ0) is 24.9. The number of likely N-dealkylation sites (N-methyl/N-ethyl adjacent to an activating group) is 1. The number of nitrogens with zero attached hydrogens (tertiary/aromatic N) is 4. The summed E-state index contributed by atoms with van der Waals surface area (Å²) in [6.07, 6.45) is 2.66. The number of likely N-dealkylation sites (tertiary alicyclic amines) is 2. The average Bonchev–Trinajstić information content (AvgIpc) is 2.86. The molecule has 0 radical (unpaired) electrons. The van der Waals surface area contributed by atoms with Gasteiger partial charge in [0.25, 0.3) is 0 Å². The number of carbonyl (C=O) groups excluding carboxylic acids is 2. The molecule has 7 nitrogen and oxygen atoms in total. The lowest BCUT2D eigenvalue weighted by atomic mass is 9.88. The van der Waals surface area contributed by atoms with Crippen LogP contribution < -0.4 is 4.74 Å². The quantitative estimate of drug-likeness (QED) is 0.616. The molecule has 2 amide bonds. The van der Waals surface area contributed by atoms with Gasteiger partial charge in [0, 0.05) is 70.0 Å². The summed E-state index contributed by atoms with van der Waals surface area (Å²) in [5.74, 6) is 0.646. The summed E-state index contributed by atoms with van der Waals surface area (Å²) >= 11 is 0. The van der Waals surface area contributed by atoms with Crippen LogP contribution >= 0.6 is 0 Å². The zero-order valence-corrected chi connectivity index (χ0v) is 21.5. The minimum absolute atomic E-state index is 0.0635. The molecule has 3 aliphatic rings. The molecule has 0 aromatic heterocycles. The molecule has 3 saturated heterocycles. The lowest BCUT2D eigenvalue weighted by Gasteiger charge is -2.42. The first-order valence-electron chi connectivity index (χ1n) is 13.2. The van der Waals surface area contributed by atoms with E-state index >= 15 is 0 Å². The Kier molecular flexibility index (Phi) is 8.65. The van der Waals surface area contributed by atoms with Crippen LogP contribution in [0.25, 0.3) is 0 Å². The van der Waals surface area contributed by atoms with Crippen molar-refractivity contribution in [2.75, 3.05) is 59.4 Å². The van der Waals surface area contributed by atoms with Crippen molar-refractivity contribution in [3.8, 4) is 5.75 Å². The number of amides is 2. The molecule has 0 saturated carbocycles. The van der Waals surface area contributed by atoms with Gasteiger partial charge in [-0.2, -0.15) is 0 Å². The third-order valence-electron chi connectivity index (χ3n) is 7.98. The van der Waals surface area contributed by atoms with Gasteiger partial charge in [-0.1, -0.05) is 0 Å². The molecule has 0 aliphatic carbocycles. The molecule has 8 heteroatoms. The fourth-order valence-corrected chi connectivity index (χ4v) is 5.58. The maximum absolute atomic E-state index is 13.4. The number of carbonyl (C=O) groups is 2. The monoisotopic (exact) mass is 488 g/mol. The number of piperazine rings is 1. The SMILES string of the molecule is CC(C)N1CCC(C(=O)N2CC[C@H](Oc3ccc(F)cc3)[C@@H](CC(=O)N3CCN(C)CC3)C2)CC1. The Morgan fingerprint density at radius 1 is 0.943 bits per heavy atom. The Morgan fingerprint density at radius 2 is 1.60 bits per heavy atom. The van der Waals surface area contributed by atoms with E-state index in [4.69, 9.17) is 4.74 Å². The summed E-state index contributed by atoms with van der Waals surface area (Å²) in [6, 6.07) is 6.56. The van der Waals surface area contributed by atoms with Crippen molar-refractivity contribution < 1.29 is 18.7 Å². The normalized spacial score (nSPS) is 25.2. The lowest BCUT2D eigenvalue weighted by Crippen LogP contribution is -2.53. The van der Waals surface area contributed by atoms with Crippen molar-refractivity contribution in [2.45, 2.75) is 51.7 Å². The summed E-state index contributed by atoms with van der Waals surface area (Å²) in [5.41, 5.74) is 0. The highest BCUT2D eigenvalue weighted by atomic mass is 19.1. The predicted molar refractivity (Wildman–Crippen MR) is 134 cm³/mol. The molecule has 3 fully saturated rings. The molecule has 3 aliphatic heterocycles. The molecule has 4 rings (SSSR count). The summed E-state index contributed by atoms with van der Waals surface area (Å²) in [4.78, 5) is 35.2. The highest BCUT2D eigenvalue weighted by Crippen LogP contribution is 2.29. The number of piperidine rings is 2. The first-order chi connectivity index (χ1) is 16.8. The van der Waals surface area contributed by atoms with Crippen molar-refractivity contribution in [2.24, 2.45) is 11.8 Å². The lowest BCUT2D eigenvalue weighted by molar-refractivity contribution is -0.143. The van der Waals surface area contributed by atoms with Gasteiger partial charge in [0.05, 0.1) is 0 Å². The fraction of sp³-hybridized carbons (Fsp3) is 0.704. The summed E-state index contributed by atoms with van der Waals surface area (Å²) in [6.45, 7) is 10.7. The molecule has 1 aromatic carbocycles. The molecule has 3 heterocycles. The third kappa shape index (κ3) is 6.73. The van der Waals surface area contributed by atoms with Gasteiger partial charge in [0.15, 0.2) is 0 Å². The largest absolute Gasteiger partial charge is 0.490 e. The Bertz CT molecular complexity index is 848. The fourth-order valence-electron chi connectivity index (χ4n) is 5.58. The first kappa shape index (κ1) is 25.9. The number of hydrogen-bond acceptors (Lipinski definition) is 5. The van der Waals surface area contributed by atoms with Crippen LogP contribution in [0.1, 0.15) is 39.5 Å². The van der Waals surface area contributed by atoms with Gasteiger partial charge in [0.1, 0.15) is 17.7 Å². The van der Waals surface area contributed by atoms with Gasteiger partial charge < -0.3 is 24.3 Å². The molecular weight excluding hydrogens is 447 g/mol. The molecule has 1 aromatic rings. The van der Waals surface area contributed by atoms with Crippen molar-refractivity contribution in [3.63, 3.8) is 0 Å². The summed E-state index contributed by atoms with van der Waals surface area (Å²) < 4.78 is 19.6. The van der Waals surface area contributed by atoms with Crippen LogP contribution in [0.4, 0.5) is 4.39 Å². The van der Waals surface area contributed by atoms with Crippen molar-refractivity contribution in [3.05, 3.63) is 30.1 Å². The molecule has 0 bridgehead atoms. The first-order valence-corrected chi connectivity index (χ1v) is 13.2. The van der Waals surface area contributed by atoms with Crippen LogP contribution in [0, 0.1) is 17.7 Å². The maximum atomic E-state index is 13.4. The van der Waals surface area contributed by atoms with E-state index < -0.39 is 0 Å². The highest BCUT2D eigenvalue weighted by molar-refractivity contribution is 5.80. The van der Waals surface area contributed by atoms with Crippen molar-refractivity contribution in [1.29, 1.82) is 0 Å². The summed E-state index contributed by atoms with van der Waals surface area (Å²) in [7, 11) is 2.07. The van der Waals surface area contributed by atoms with Crippen LogP contribution in [0.2, 0.25) is 0 Å². The van der Waals surface area contributed by atoms with Crippen molar-refractivity contribution in [1.82, 2.24) is 19.6 Å². The number of ether oxygens (including phenoxy) is 1. The molecule has 0 N–H and O–H groups in total. The van der Waals surface area contributed by atoms with Gasteiger partial charge in [-0.25, -0.2) is 4.39 Å². The molecule has 2 atom stereocenters. The number of halogens is 1. The average molecular weight is 489 g/mol. The van der Waals surface area contributed by atoms with Gasteiger partial charge in [-0.15, -0.1) is 0 Å². The Balaban J connectivity index is 1.41. The highest BCUT2D eigenvalue weighted by Gasteiger charge is 2.38. The van der Waals surface area contributed by atoms with E-state index in [1.54, 1.807) is 12.1 Å². The van der Waals surface area contributed by atoms with E-state index in [0.717, 1.165) is 52.1 Å². The Hall–Kier alpha value is -2.19. The predicted octanol–water partition coefficient (Wildman–Crippen LogP) is 2.71. The van der Waals surface area contributed by atoms with Gasteiger partial charge >= 0.3 is 0 Å². The van der Waals surface area contributed by atoms with E-state index in [-0.39, 0.29) is 35.6 Å². The molecular formula is C27H41FN4O3. The molecule has 194 valence electrons. The smallest absolute Gasteiger partial charge is 0.225 e. The van der Waals surface area contributed by atoms with E-state index in [1.165, 1.54) is 12.1 Å². The van der Waals surface area contributed by atoms with Crippen LogP contribution in [-0.4, -0.2) is 103 Å². The van der Waals surface area contributed by atoms with Crippen LogP contribution in [-0.2, 0) is 9.59 Å². The Labute approximate surface area is 209 Å². The second-order valence-corrected chi connectivity index (χ2v) is 10.7. The molecule has 35 heavy (non-hydrogen) atoms. The standard InChI is InChI=1S/C27H41FN4O3/c1-20(2)30-11-8-21(9-12-30)27(34)32-13-10-25(35-24-6-4-23(28)5-7-24)22(19-32)18-26(33)31-16-14-29(3)15-17-31/h4-7,20-22,25H,8-19H2,1-3H3/t22-,25-/m0/s1. The van der Waals surface area contributed by atoms with Crippen LogP contribution in [0.3, 0.4) is 0 Å². The number of hydrogen-bond donors (Lipinski definition) is 0. The zero-order valence-electron chi connectivity index (χ0n) is 21.5. The van der Waals surface area contributed by atoms with E-state index in [0.29, 0.717) is 37.7 Å². The van der Waals surface area contributed by atoms with E-state index in [2.05, 4.69) is 30.7 Å². The van der Waals surface area contributed by atoms with Crippen molar-refractivity contribution >= 4 is 11.8 Å². The van der Waals surface area contributed by atoms with Gasteiger partial charge in [0.2, 0.25) is 11.8 Å². The molecule has 0 spiro atoms. The van der Waals surface area contributed by atoms with Crippen LogP contribution in [0.5, 0.6) is 5.75 Å². The molecule has 0 unspecified atom stereocenters. The van der Waals surface area contributed by atoms with E-state index in [9.17, 15) is 14.0 Å². The number of benzene rings is 1. The van der Waals surface area contributed by atoms with Gasteiger partial charge in [-0.3, -0.25) is 9.59 Å². The van der Waals surface area contributed by atoms with Gasteiger partial charge in [-0.05, 0) is 71.1 Å². The van der Waals surface area contributed by atoms with Crippen LogP contribution in [0.15, 0.2) is 24.3 Å².